The standard InChI is InChI=1S/C18H18N2/c1-20-14-19-13-17(20)12-18(15-8-4-2-5-9-15)16-10-6-3-7-11-16/h2-11,13-14,18H,12H2,1H3. The molecule has 0 aliphatic carbocycles. The van der Waals surface area contributed by atoms with Crippen molar-refractivity contribution in [3.8, 4) is 0 Å². The SMILES string of the molecule is Cn1cncc1CC(c1ccccc1)c1ccccc1. The van der Waals surface area contributed by atoms with E-state index in [1.54, 1.807) is 0 Å². The minimum Gasteiger partial charge on any atom is -0.338 e. The Bertz CT molecular complexity index is 617. The summed E-state index contributed by atoms with van der Waals surface area (Å²) >= 11 is 0. The van der Waals surface area contributed by atoms with Gasteiger partial charge in [0.15, 0.2) is 0 Å². The van der Waals surface area contributed by atoms with Crippen molar-refractivity contribution in [2.45, 2.75) is 12.3 Å². The van der Waals surface area contributed by atoms with Gasteiger partial charge in [0, 0.05) is 31.3 Å². The maximum Gasteiger partial charge on any atom is 0.0945 e. The van der Waals surface area contributed by atoms with Crippen molar-refractivity contribution in [1.82, 2.24) is 9.55 Å². The second kappa shape index (κ2) is 5.74. The summed E-state index contributed by atoms with van der Waals surface area (Å²) in [5.41, 5.74) is 3.95. The van der Waals surface area contributed by atoms with E-state index in [-0.39, 0.29) is 0 Å². The van der Waals surface area contributed by atoms with Gasteiger partial charge in [0.2, 0.25) is 0 Å². The molecule has 0 bridgehead atoms. The van der Waals surface area contributed by atoms with E-state index in [4.69, 9.17) is 0 Å². The Morgan fingerprint density at radius 3 is 1.90 bits per heavy atom. The van der Waals surface area contributed by atoms with Gasteiger partial charge in [0.05, 0.1) is 6.33 Å². The van der Waals surface area contributed by atoms with Gasteiger partial charge < -0.3 is 4.57 Å². The first kappa shape index (κ1) is 12.7. The largest absolute Gasteiger partial charge is 0.338 e. The molecule has 20 heavy (non-hydrogen) atoms. The average Bonchev–Trinajstić information content (AvgIpc) is 2.92. The highest BCUT2D eigenvalue weighted by Crippen LogP contribution is 2.28. The molecule has 3 rings (SSSR count). The molecule has 0 amide bonds. The topological polar surface area (TPSA) is 17.8 Å². The van der Waals surface area contributed by atoms with Gasteiger partial charge in [-0.3, -0.25) is 0 Å². The third-order valence-corrected chi connectivity index (χ3v) is 3.73. The Morgan fingerprint density at radius 1 is 0.900 bits per heavy atom. The van der Waals surface area contributed by atoms with Crippen LogP contribution in [0.1, 0.15) is 22.7 Å². The molecule has 3 aromatic rings. The van der Waals surface area contributed by atoms with Crippen molar-refractivity contribution in [2.75, 3.05) is 0 Å². The highest BCUT2D eigenvalue weighted by atomic mass is 15.0. The first-order chi connectivity index (χ1) is 9.84. The molecule has 2 heteroatoms. The average molecular weight is 262 g/mol. The van der Waals surface area contributed by atoms with Crippen LogP contribution in [0.4, 0.5) is 0 Å². The van der Waals surface area contributed by atoms with Crippen molar-refractivity contribution in [1.29, 1.82) is 0 Å². The van der Waals surface area contributed by atoms with E-state index in [1.807, 2.05) is 12.5 Å². The number of aromatic nitrogens is 2. The molecule has 0 spiro atoms. The van der Waals surface area contributed by atoms with Crippen LogP contribution >= 0.6 is 0 Å². The summed E-state index contributed by atoms with van der Waals surface area (Å²) in [6, 6.07) is 21.4. The summed E-state index contributed by atoms with van der Waals surface area (Å²) in [5.74, 6) is 0.368. The van der Waals surface area contributed by atoms with Gasteiger partial charge >= 0.3 is 0 Å². The van der Waals surface area contributed by atoms with Crippen molar-refractivity contribution in [3.05, 3.63) is 90.0 Å². The molecule has 0 saturated carbocycles. The molecule has 2 aromatic carbocycles. The third kappa shape index (κ3) is 2.64. The molecule has 1 aromatic heterocycles. The molecule has 1 heterocycles. The second-order valence-corrected chi connectivity index (χ2v) is 5.07. The summed E-state index contributed by atoms with van der Waals surface area (Å²) in [7, 11) is 2.05. The van der Waals surface area contributed by atoms with Crippen molar-refractivity contribution < 1.29 is 0 Å². The van der Waals surface area contributed by atoms with E-state index in [1.165, 1.54) is 16.8 Å². The van der Waals surface area contributed by atoms with Crippen molar-refractivity contribution in [3.63, 3.8) is 0 Å². The van der Waals surface area contributed by atoms with E-state index in [0.29, 0.717) is 5.92 Å². The lowest BCUT2D eigenvalue weighted by molar-refractivity contribution is 0.733. The van der Waals surface area contributed by atoms with Crippen LogP contribution in [0.25, 0.3) is 0 Å². The molecule has 0 N–H and O–H groups in total. The molecule has 2 nitrogen and oxygen atoms in total. The Hall–Kier alpha value is -2.35. The number of aryl methyl sites for hydroxylation is 1. The van der Waals surface area contributed by atoms with E-state index in [9.17, 15) is 0 Å². The van der Waals surface area contributed by atoms with Crippen LogP contribution in [0.15, 0.2) is 73.2 Å². The van der Waals surface area contributed by atoms with Crippen LogP contribution < -0.4 is 0 Å². The van der Waals surface area contributed by atoms with Crippen molar-refractivity contribution >= 4 is 0 Å². The molecule has 100 valence electrons. The molecular weight excluding hydrogens is 244 g/mol. The van der Waals surface area contributed by atoms with Crippen LogP contribution in [0, 0.1) is 0 Å². The van der Waals surface area contributed by atoms with Gasteiger partial charge in [-0.1, -0.05) is 60.7 Å². The molecule has 0 radical (unpaired) electrons. The van der Waals surface area contributed by atoms with E-state index in [2.05, 4.69) is 77.3 Å². The quantitative estimate of drug-likeness (QED) is 0.699. The zero-order valence-electron chi connectivity index (χ0n) is 11.6. The molecule has 0 aliphatic heterocycles. The minimum atomic E-state index is 0.368. The second-order valence-electron chi connectivity index (χ2n) is 5.07. The maximum atomic E-state index is 4.23. The molecule has 0 unspecified atom stereocenters. The van der Waals surface area contributed by atoms with E-state index in [0.717, 1.165) is 6.42 Å². The predicted molar refractivity (Wildman–Crippen MR) is 81.6 cm³/mol. The van der Waals surface area contributed by atoms with Crippen LogP contribution in [-0.4, -0.2) is 9.55 Å². The van der Waals surface area contributed by atoms with Crippen LogP contribution in [0.3, 0.4) is 0 Å². The number of nitrogens with zero attached hydrogens (tertiary/aromatic N) is 2. The fourth-order valence-corrected chi connectivity index (χ4v) is 2.59. The lowest BCUT2D eigenvalue weighted by Gasteiger charge is -2.18. The molecule has 0 fully saturated rings. The third-order valence-electron chi connectivity index (χ3n) is 3.73. The van der Waals surface area contributed by atoms with Gasteiger partial charge in [0.25, 0.3) is 0 Å². The van der Waals surface area contributed by atoms with Crippen LogP contribution in [-0.2, 0) is 13.5 Å². The van der Waals surface area contributed by atoms with Crippen LogP contribution in [0.5, 0.6) is 0 Å². The van der Waals surface area contributed by atoms with E-state index < -0.39 is 0 Å². The Balaban J connectivity index is 1.98. The number of hydrogen-bond donors (Lipinski definition) is 0. The zero-order valence-corrected chi connectivity index (χ0v) is 11.6. The van der Waals surface area contributed by atoms with Gasteiger partial charge in [-0.05, 0) is 11.1 Å². The monoisotopic (exact) mass is 262 g/mol. The number of benzene rings is 2. The lowest BCUT2D eigenvalue weighted by atomic mass is 9.87. The fourth-order valence-electron chi connectivity index (χ4n) is 2.59. The van der Waals surface area contributed by atoms with E-state index >= 15 is 0 Å². The molecular formula is C18H18N2. The summed E-state index contributed by atoms with van der Waals surface area (Å²) in [4.78, 5) is 4.23. The molecule has 0 aliphatic rings. The summed E-state index contributed by atoms with van der Waals surface area (Å²) in [5, 5.41) is 0. The summed E-state index contributed by atoms with van der Waals surface area (Å²) in [6.07, 6.45) is 4.78. The smallest absolute Gasteiger partial charge is 0.0945 e. The van der Waals surface area contributed by atoms with Gasteiger partial charge in [-0.2, -0.15) is 0 Å². The number of imidazole rings is 1. The minimum absolute atomic E-state index is 0.368. The first-order valence-corrected chi connectivity index (χ1v) is 6.89. The highest BCUT2D eigenvalue weighted by Gasteiger charge is 2.15. The molecule has 0 saturated heterocycles. The summed E-state index contributed by atoms with van der Waals surface area (Å²) < 4.78 is 2.10. The predicted octanol–water partition coefficient (Wildman–Crippen LogP) is 3.79. The van der Waals surface area contributed by atoms with Crippen molar-refractivity contribution in [2.24, 2.45) is 7.05 Å². The summed E-state index contributed by atoms with van der Waals surface area (Å²) in [6.45, 7) is 0. The zero-order chi connectivity index (χ0) is 13.8. The van der Waals surface area contributed by atoms with Crippen LogP contribution in [0.2, 0.25) is 0 Å². The van der Waals surface area contributed by atoms with Gasteiger partial charge in [-0.25, -0.2) is 4.98 Å². The number of hydrogen-bond acceptors (Lipinski definition) is 1. The normalized spacial score (nSPS) is 10.9. The highest BCUT2D eigenvalue weighted by molar-refractivity contribution is 5.33. The Kier molecular flexibility index (Phi) is 3.64. The first-order valence-electron chi connectivity index (χ1n) is 6.89. The lowest BCUT2D eigenvalue weighted by Crippen LogP contribution is -2.07. The number of rotatable bonds is 4. The Morgan fingerprint density at radius 2 is 1.45 bits per heavy atom. The fraction of sp³-hybridized carbons (Fsp3) is 0.167. The Labute approximate surface area is 119 Å². The maximum absolute atomic E-state index is 4.23. The van der Waals surface area contributed by atoms with Gasteiger partial charge in [0.1, 0.15) is 0 Å². The molecule has 0 atom stereocenters. The van der Waals surface area contributed by atoms with Gasteiger partial charge in [-0.15, -0.1) is 0 Å².